The van der Waals surface area contributed by atoms with Crippen LogP contribution < -0.4 is 10.3 Å². The summed E-state index contributed by atoms with van der Waals surface area (Å²) in [6.07, 6.45) is 3.08. The van der Waals surface area contributed by atoms with Crippen LogP contribution in [0.25, 0.3) is 10.9 Å². The van der Waals surface area contributed by atoms with Crippen LogP contribution in [0, 0.1) is 17.5 Å². The highest BCUT2D eigenvalue weighted by Crippen LogP contribution is 2.38. The van der Waals surface area contributed by atoms with Crippen LogP contribution in [0.2, 0.25) is 0 Å². The molecule has 2 aliphatic rings. The highest BCUT2D eigenvalue weighted by Gasteiger charge is 2.29. The summed E-state index contributed by atoms with van der Waals surface area (Å²) in [5.41, 5.74) is 0.231. The van der Waals surface area contributed by atoms with Crippen molar-refractivity contribution in [1.82, 2.24) is 9.47 Å². The van der Waals surface area contributed by atoms with Gasteiger partial charge in [0.25, 0.3) is 0 Å². The number of aromatic carboxylic acids is 1. The molecule has 3 aromatic rings. The summed E-state index contributed by atoms with van der Waals surface area (Å²) in [4.78, 5) is 33.0. The molecule has 1 saturated heterocycles. The van der Waals surface area contributed by atoms with Crippen LogP contribution in [0.15, 0.2) is 46.5 Å². The topological polar surface area (TPSA) is 87.4 Å². The Morgan fingerprint density at radius 3 is 2.41 bits per heavy atom. The van der Waals surface area contributed by atoms with E-state index in [1.165, 1.54) is 19.4 Å². The number of carbonyl (C=O) groups is 1. The molecule has 2 fully saturated rings. The number of carboxylic acids is 1. The third-order valence-electron chi connectivity index (χ3n) is 6.80. The average molecular weight is 515 g/mol. The van der Waals surface area contributed by atoms with E-state index in [-0.39, 0.29) is 29.1 Å². The fourth-order valence-corrected chi connectivity index (χ4v) is 4.76. The number of pyridine rings is 1. The number of aromatic nitrogens is 1. The van der Waals surface area contributed by atoms with Crippen molar-refractivity contribution < 1.29 is 27.9 Å². The van der Waals surface area contributed by atoms with E-state index in [2.05, 4.69) is 5.16 Å². The zero-order valence-electron chi connectivity index (χ0n) is 20.1. The second-order valence-electron chi connectivity index (χ2n) is 9.24. The first-order valence-corrected chi connectivity index (χ1v) is 11.9. The van der Waals surface area contributed by atoms with Gasteiger partial charge in [-0.3, -0.25) is 9.69 Å². The smallest absolute Gasteiger partial charge is 0.341 e. The molecule has 5 rings (SSSR count). The van der Waals surface area contributed by atoms with Gasteiger partial charge in [0.15, 0.2) is 0 Å². The molecule has 1 saturated carbocycles. The lowest BCUT2D eigenvalue weighted by atomic mass is 10.1. The van der Waals surface area contributed by atoms with E-state index in [1.54, 1.807) is 10.6 Å². The Morgan fingerprint density at radius 1 is 1.05 bits per heavy atom. The number of piperazine rings is 1. The van der Waals surface area contributed by atoms with Gasteiger partial charge in [-0.1, -0.05) is 5.16 Å². The molecule has 1 aliphatic heterocycles. The molecule has 0 amide bonds. The van der Waals surface area contributed by atoms with E-state index < -0.39 is 28.8 Å². The minimum absolute atomic E-state index is 0.0495. The molecule has 37 heavy (non-hydrogen) atoms. The maximum Gasteiger partial charge on any atom is 0.341 e. The first-order valence-electron chi connectivity index (χ1n) is 11.9. The lowest BCUT2D eigenvalue weighted by Gasteiger charge is -2.36. The van der Waals surface area contributed by atoms with Gasteiger partial charge >= 0.3 is 5.97 Å². The van der Waals surface area contributed by atoms with E-state index in [0.717, 1.165) is 31.0 Å². The third kappa shape index (κ3) is 4.91. The molecular formula is C26H25F3N4O4. The second-order valence-corrected chi connectivity index (χ2v) is 9.24. The minimum atomic E-state index is -1.33. The number of hydrogen-bond acceptors (Lipinski definition) is 6. The van der Waals surface area contributed by atoms with Gasteiger partial charge in [0, 0.05) is 62.0 Å². The van der Waals surface area contributed by atoms with E-state index in [4.69, 9.17) is 4.84 Å². The number of halogens is 3. The van der Waals surface area contributed by atoms with Crippen LogP contribution in [0.1, 0.15) is 34.8 Å². The molecule has 0 radical (unpaired) electrons. The van der Waals surface area contributed by atoms with Crippen molar-refractivity contribution in [3.63, 3.8) is 0 Å². The van der Waals surface area contributed by atoms with Crippen molar-refractivity contribution in [3.8, 4) is 0 Å². The van der Waals surface area contributed by atoms with Gasteiger partial charge in [-0.05, 0) is 37.1 Å². The molecule has 11 heteroatoms. The van der Waals surface area contributed by atoms with Crippen molar-refractivity contribution in [3.05, 3.63) is 75.3 Å². The molecule has 8 nitrogen and oxygen atoms in total. The SMILES string of the molecule is CO/N=C(\CN1CCN(c2cc3c(cc2F)c(=O)c(C(=O)O)cn3C2CC2)CC1)c1ccc(F)cc1F. The number of carboxylic acid groups (broad SMARTS) is 1. The van der Waals surface area contributed by atoms with Crippen LogP contribution in [-0.2, 0) is 4.84 Å². The third-order valence-corrected chi connectivity index (χ3v) is 6.80. The zero-order chi connectivity index (χ0) is 26.3. The molecular weight excluding hydrogens is 489 g/mol. The quantitative estimate of drug-likeness (QED) is 0.383. The predicted octanol–water partition coefficient (Wildman–Crippen LogP) is 3.62. The summed E-state index contributed by atoms with van der Waals surface area (Å²) >= 11 is 0. The Labute approximate surface area is 210 Å². The second kappa shape index (κ2) is 9.89. The van der Waals surface area contributed by atoms with Crippen LogP contribution in [0.4, 0.5) is 18.9 Å². The molecule has 2 aromatic carbocycles. The lowest BCUT2D eigenvalue weighted by Crippen LogP contribution is -2.48. The van der Waals surface area contributed by atoms with E-state index in [9.17, 15) is 23.5 Å². The fraction of sp³-hybridized carbons (Fsp3) is 0.346. The molecule has 0 spiro atoms. The zero-order valence-corrected chi connectivity index (χ0v) is 20.1. The van der Waals surface area contributed by atoms with Crippen LogP contribution in [-0.4, -0.2) is 66.1 Å². The Bertz CT molecular complexity index is 1460. The van der Waals surface area contributed by atoms with Crippen molar-refractivity contribution in [1.29, 1.82) is 0 Å². The molecule has 0 unspecified atom stereocenters. The molecule has 194 valence electrons. The van der Waals surface area contributed by atoms with E-state index in [0.29, 0.717) is 43.1 Å². The molecule has 1 aromatic heterocycles. The standard InChI is InChI=1S/C26H25F3N4O4/c1-37-30-22(17-5-2-15(27)10-20(17)28)14-31-6-8-32(9-7-31)24-12-23-18(11-21(24)29)25(34)19(26(35)36)13-33(23)16-3-4-16/h2,5,10-13,16H,3-4,6-9,14H2,1H3,(H,35,36)/b30-22+. The Kier molecular flexibility index (Phi) is 6.63. The number of rotatable bonds is 7. The average Bonchev–Trinajstić information content (AvgIpc) is 3.70. The Balaban J connectivity index is 1.38. The first-order chi connectivity index (χ1) is 17.8. The number of nitrogens with zero attached hydrogens (tertiary/aromatic N) is 4. The molecule has 1 N–H and O–H groups in total. The van der Waals surface area contributed by atoms with E-state index in [1.807, 2.05) is 9.80 Å². The summed E-state index contributed by atoms with van der Waals surface area (Å²) in [6, 6.07) is 6.11. The maximum atomic E-state index is 15.2. The highest BCUT2D eigenvalue weighted by molar-refractivity contribution is 6.02. The van der Waals surface area contributed by atoms with Crippen molar-refractivity contribution in [2.45, 2.75) is 18.9 Å². The summed E-state index contributed by atoms with van der Waals surface area (Å²) in [5.74, 6) is -3.35. The van der Waals surface area contributed by atoms with Crippen LogP contribution in [0.3, 0.4) is 0 Å². The van der Waals surface area contributed by atoms with E-state index >= 15 is 4.39 Å². The summed E-state index contributed by atoms with van der Waals surface area (Å²) in [7, 11) is 1.35. The molecule has 0 atom stereocenters. The summed E-state index contributed by atoms with van der Waals surface area (Å²) in [5, 5.41) is 13.4. The predicted molar refractivity (Wildman–Crippen MR) is 132 cm³/mol. The largest absolute Gasteiger partial charge is 0.477 e. The Hall–Kier alpha value is -3.86. The van der Waals surface area contributed by atoms with Gasteiger partial charge in [-0.25, -0.2) is 18.0 Å². The van der Waals surface area contributed by atoms with Crippen LogP contribution >= 0.6 is 0 Å². The molecule has 2 heterocycles. The minimum Gasteiger partial charge on any atom is -0.477 e. The van der Waals surface area contributed by atoms with Gasteiger partial charge in [-0.15, -0.1) is 0 Å². The number of benzene rings is 2. The van der Waals surface area contributed by atoms with Crippen molar-refractivity contribution in [2.75, 3.05) is 44.7 Å². The van der Waals surface area contributed by atoms with Crippen molar-refractivity contribution in [2.24, 2.45) is 5.16 Å². The molecule has 1 aliphatic carbocycles. The van der Waals surface area contributed by atoms with Gasteiger partial charge in [0.05, 0.1) is 11.2 Å². The number of oxime groups is 1. The van der Waals surface area contributed by atoms with Crippen LogP contribution in [0.5, 0.6) is 0 Å². The number of hydrogen-bond donors (Lipinski definition) is 1. The monoisotopic (exact) mass is 514 g/mol. The van der Waals surface area contributed by atoms with Gasteiger partial charge in [0.2, 0.25) is 5.43 Å². The number of anilines is 1. The Morgan fingerprint density at radius 2 is 1.78 bits per heavy atom. The highest BCUT2D eigenvalue weighted by atomic mass is 19.1. The number of fused-ring (bicyclic) bond motifs is 1. The summed E-state index contributed by atoms with van der Waals surface area (Å²) < 4.78 is 44.6. The normalized spacial score (nSPS) is 16.9. The lowest BCUT2D eigenvalue weighted by molar-refractivity contribution is 0.0695. The molecule has 0 bridgehead atoms. The first kappa shape index (κ1) is 24.8. The van der Waals surface area contributed by atoms with Crippen molar-refractivity contribution >= 4 is 28.3 Å². The maximum absolute atomic E-state index is 15.2. The van der Waals surface area contributed by atoms with Gasteiger partial charge < -0.3 is 19.4 Å². The van der Waals surface area contributed by atoms with Gasteiger partial charge in [0.1, 0.15) is 35.8 Å². The van der Waals surface area contributed by atoms with Gasteiger partial charge in [-0.2, -0.15) is 0 Å². The summed E-state index contributed by atoms with van der Waals surface area (Å²) in [6.45, 7) is 2.18. The fourth-order valence-electron chi connectivity index (χ4n) is 4.76.